The molecule has 0 radical (unpaired) electrons. The molecular weight excluding hydrogens is 188 g/mol. The van der Waals surface area contributed by atoms with Crippen LogP contribution in [-0.2, 0) is 4.79 Å². The minimum Gasteiger partial charge on any atom is -0.355 e. The fraction of sp³-hybridized carbons (Fsp3) is 0.917. The van der Waals surface area contributed by atoms with E-state index in [-0.39, 0.29) is 5.91 Å². The summed E-state index contributed by atoms with van der Waals surface area (Å²) in [4.78, 5) is 11.5. The monoisotopic (exact) mass is 214 g/mol. The van der Waals surface area contributed by atoms with Gasteiger partial charge in [0, 0.05) is 19.5 Å². The van der Waals surface area contributed by atoms with Gasteiger partial charge in [0.1, 0.15) is 0 Å². The summed E-state index contributed by atoms with van der Waals surface area (Å²) in [7, 11) is 1.89. The van der Waals surface area contributed by atoms with Gasteiger partial charge in [-0.2, -0.15) is 0 Å². The van der Waals surface area contributed by atoms with Gasteiger partial charge in [-0.3, -0.25) is 4.79 Å². The molecule has 0 saturated carbocycles. The molecular formula is C12H26N2O. The lowest BCUT2D eigenvalue weighted by Gasteiger charge is -2.13. The maximum Gasteiger partial charge on any atom is 0.220 e. The van der Waals surface area contributed by atoms with Crippen molar-refractivity contribution >= 4 is 5.91 Å². The van der Waals surface area contributed by atoms with Crippen LogP contribution in [0.15, 0.2) is 0 Å². The third-order valence-electron chi connectivity index (χ3n) is 2.71. The van der Waals surface area contributed by atoms with Gasteiger partial charge in [-0.15, -0.1) is 0 Å². The number of rotatable bonds is 9. The number of hydrogen-bond acceptors (Lipinski definition) is 2. The molecule has 0 bridgehead atoms. The average Bonchev–Trinajstić information content (AvgIpc) is 2.24. The number of nitrogens with one attached hydrogen (secondary N) is 2. The highest BCUT2D eigenvalue weighted by Crippen LogP contribution is 2.16. The van der Waals surface area contributed by atoms with Crippen LogP contribution < -0.4 is 10.6 Å². The highest BCUT2D eigenvalue weighted by molar-refractivity contribution is 5.76. The fourth-order valence-corrected chi connectivity index (χ4v) is 1.60. The van der Waals surface area contributed by atoms with Gasteiger partial charge in [0.05, 0.1) is 0 Å². The van der Waals surface area contributed by atoms with Gasteiger partial charge < -0.3 is 10.6 Å². The van der Waals surface area contributed by atoms with E-state index in [1.807, 2.05) is 7.05 Å². The molecule has 0 aliphatic heterocycles. The molecule has 1 unspecified atom stereocenters. The lowest BCUT2D eigenvalue weighted by molar-refractivity contribution is -0.122. The first-order valence-electron chi connectivity index (χ1n) is 6.15. The zero-order valence-electron chi connectivity index (χ0n) is 10.4. The molecule has 2 N–H and O–H groups in total. The van der Waals surface area contributed by atoms with Crippen molar-refractivity contribution in [2.24, 2.45) is 5.92 Å². The minimum absolute atomic E-state index is 0.202. The van der Waals surface area contributed by atoms with Crippen molar-refractivity contribution in [1.29, 1.82) is 0 Å². The Hall–Kier alpha value is -0.570. The highest BCUT2D eigenvalue weighted by atomic mass is 16.1. The van der Waals surface area contributed by atoms with Crippen LogP contribution in [-0.4, -0.2) is 26.0 Å². The van der Waals surface area contributed by atoms with Gasteiger partial charge in [-0.05, 0) is 19.4 Å². The van der Waals surface area contributed by atoms with Crippen LogP contribution in [0.1, 0.15) is 46.0 Å². The first-order chi connectivity index (χ1) is 7.24. The van der Waals surface area contributed by atoms with Gasteiger partial charge in [-0.1, -0.05) is 33.1 Å². The molecule has 0 aromatic heterocycles. The topological polar surface area (TPSA) is 41.1 Å². The summed E-state index contributed by atoms with van der Waals surface area (Å²) in [6, 6.07) is 0. The van der Waals surface area contributed by atoms with Crippen LogP contribution in [0.3, 0.4) is 0 Å². The molecule has 0 aromatic carbocycles. The van der Waals surface area contributed by atoms with Crippen molar-refractivity contribution < 1.29 is 4.79 Å². The van der Waals surface area contributed by atoms with Gasteiger partial charge in [0.2, 0.25) is 5.91 Å². The standard InChI is InChI=1S/C12H26N2O/c1-4-6-7-11(5-2)10-12(15)14-9-8-13-3/h11,13H,4-10H2,1-3H3,(H,14,15). The molecule has 0 saturated heterocycles. The van der Waals surface area contributed by atoms with Crippen LogP contribution in [0.25, 0.3) is 0 Å². The first kappa shape index (κ1) is 14.4. The molecule has 3 heteroatoms. The SMILES string of the molecule is CCCCC(CC)CC(=O)NCCNC. The van der Waals surface area contributed by atoms with Crippen molar-refractivity contribution in [2.75, 3.05) is 20.1 Å². The van der Waals surface area contributed by atoms with Crippen molar-refractivity contribution in [2.45, 2.75) is 46.0 Å². The number of carbonyl (C=O) groups is 1. The predicted molar refractivity (Wildman–Crippen MR) is 64.9 cm³/mol. The summed E-state index contributed by atoms with van der Waals surface area (Å²) in [5.74, 6) is 0.771. The Morgan fingerprint density at radius 2 is 2.00 bits per heavy atom. The largest absolute Gasteiger partial charge is 0.355 e. The van der Waals surface area contributed by atoms with Crippen molar-refractivity contribution in [3.05, 3.63) is 0 Å². The van der Waals surface area contributed by atoms with E-state index in [4.69, 9.17) is 0 Å². The highest BCUT2D eigenvalue weighted by Gasteiger charge is 2.10. The Morgan fingerprint density at radius 1 is 1.27 bits per heavy atom. The molecule has 0 aliphatic rings. The Kier molecular flexibility index (Phi) is 9.59. The van der Waals surface area contributed by atoms with E-state index in [9.17, 15) is 4.79 Å². The molecule has 0 aliphatic carbocycles. The molecule has 0 spiro atoms. The number of amides is 1. The second kappa shape index (κ2) is 9.97. The third-order valence-corrected chi connectivity index (χ3v) is 2.71. The maximum atomic E-state index is 11.5. The molecule has 3 nitrogen and oxygen atoms in total. The van der Waals surface area contributed by atoms with Gasteiger partial charge in [0.15, 0.2) is 0 Å². The van der Waals surface area contributed by atoms with Crippen molar-refractivity contribution in [1.82, 2.24) is 10.6 Å². The van der Waals surface area contributed by atoms with Crippen LogP contribution in [0.4, 0.5) is 0 Å². The van der Waals surface area contributed by atoms with Crippen LogP contribution in [0, 0.1) is 5.92 Å². The van der Waals surface area contributed by atoms with E-state index in [0.717, 1.165) is 19.5 Å². The van der Waals surface area contributed by atoms with Gasteiger partial charge >= 0.3 is 0 Å². The second-order valence-electron chi connectivity index (χ2n) is 4.07. The summed E-state index contributed by atoms with van der Waals surface area (Å²) >= 11 is 0. The van der Waals surface area contributed by atoms with Gasteiger partial charge in [-0.25, -0.2) is 0 Å². The van der Waals surface area contributed by atoms with Crippen molar-refractivity contribution in [3.8, 4) is 0 Å². The second-order valence-corrected chi connectivity index (χ2v) is 4.07. The quantitative estimate of drug-likeness (QED) is 0.576. The van der Waals surface area contributed by atoms with Crippen LogP contribution >= 0.6 is 0 Å². The van der Waals surface area contributed by atoms with E-state index in [1.165, 1.54) is 19.3 Å². The van der Waals surface area contributed by atoms with Crippen LogP contribution in [0.5, 0.6) is 0 Å². The van der Waals surface area contributed by atoms with Crippen molar-refractivity contribution in [3.63, 3.8) is 0 Å². The lowest BCUT2D eigenvalue weighted by Crippen LogP contribution is -2.31. The molecule has 90 valence electrons. The summed E-state index contributed by atoms with van der Waals surface area (Å²) in [6.45, 7) is 5.94. The first-order valence-corrected chi connectivity index (χ1v) is 6.15. The molecule has 15 heavy (non-hydrogen) atoms. The molecule has 0 aromatic rings. The zero-order valence-corrected chi connectivity index (χ0v) is 10.4. The predicted octanol–water partition coefficient (Wildman–Crippen LogP) is 1.93. The zero-order chi connectivity index (χ0) is 11.5. The Morgan fingerprint density at radius 3 is 2.53 bits per heavy atom. The average molecular weight is 214 g/mol. The number of likely N-dealkylation sites (N-methyl/N-ethyl adjacent to an activating group) is 1. The van der Waals surface area contributed by atoms with E-state index in [2.05, 4.69) is 24.5 Å². The van der Waals surface area contributed by atoms with E-state index in [0.29, 0.717) is 12.3 Å². The van der Waals surface area contributed by atoms with Crippen LogP contribution in [0.2, 0.25) is 0 Å². The van der Waals surface area contributed by atoms with Gasteiger partial charge in [0.25, 0.3) is 0 Å². The minimum atomic E-state index is 0.202. The maximum absolute atomic E-state index is 11.5. The lowest BCUT2D eigenvalue weighted by atomic mass is 9.95. The summed E-state index contributed by atoms with van der Waals surface area (Å²) in [5.41, 5.74) is 0. The fourth-order valence-electron chi connectivity index (χ4n) is 1.60. The molecule has 0 heterocycles. The number of carbonyl (C=O) groups excluding carboxylic acids is 1. The Bertz CT molecular complexity index is 160. The van der Waals surface area contributed by atoms with E-state index >= 15 is 0 Å². The normalized spacial score (nSPS) is 12.5. The summed E-state index contributed by atoms with van der Waals surface area (Å²) < 4.78 is 0. The van der Waals surface area contributed by atoms with E-state index < -0.39 is 0 Å². The number of unbranched alkanes of at least 4 members (excludes halogenated alkanes) is 1. The Balaban J connectivity index is 3.60. The molecule has 1 atom stereocenters. The summed E-state index contributed by atoms with van der Waals surface area (Å²) in [6.07, 6.45) is 5.45. The third kappa shape index (κ3) is 8.43. The number of hydrogen-bond donors (Lipinski definition) is 2. The molecule has 1 amide bonds. The summed E-state index contributed by atoms with van der Waals surface area (Å²) in [5, 5.41) is 5.93. The smallest absolute Gasteiger partial charge is 0.220 e. The molecule has 0 fully saturated rings. The van der Waals surface area contributed by atoms with E-state index in [1.54, 1.807) is 0 Å². The molecule has 0 rings (SSSR count). The Labute approximate surface area is 94.0 Å².